The van der Waals surface area contributed by atoms with Crippen LogP contribution in [0, 0.1) is 11.8 Å². The van der Waals surface area contributed by atoms with Crippen molar-refractivity contribution in [3.8, 4) is 0 Å². The molecule has 0 aliphatic carbocycles. The number of hydrogen-bond acceptors (Lipinski definition) is 19. The molecule has 35 nitrogen and oxygen atoms in total. The molecule has 548 valence electrons. The number of carbonyl (C=O) groups is 13. The Kier molecular flexibility index (Phi) is 40.7. The van der Waals surface area contributed by atoms with Gasteiger partial charge in [-0.05, 0) is 61.5 Å². The maximum absolute atomic E-state index is 14.0. The second kappa shape index (κ2) is 47.2. The number of benzene rings is 2. The molecule has 0 spiro atoms. The molecule has 0 heterocycles. The van der Waals surface area contributed by atoms with Crippen LogP contribution in [0.25, 0.3) is 0 Å². The zero-order chi connectivity index (χ0) is 74.0. The van der Waals surface area contributed by atoms with Crippen molar-refractivity contribution < 1.29 is 62.3 Å². The minimum Gasteiger partial charge on any atom is -0.370 e. The van der Waals surface area contributed by atoms with E-state index < -0.39 is 163 Å². The molecule has 26 N–H and O–H groups in total. The number of aldehydes is 1. The third-order valence-electron chi connectivity index (χ3n) is 15.2. The summed E-state index contributed by atoms with van der Waals surface area (Å²) in [6.45, 7) is 4.56. The van der Waals surface area contributed by atoms with Gasteiger partial charge in [-0.2, -0.15) is 25.3 Å². The fourth-order valence-corrected chi connectivity index (χ4v) is 9.68. The summed E-state index contributed by atoms with van der Waals surface area (Å²) in [5.74, 6) is -11.5. The van der Waals surface area contributed by atoms with Crippen molar-refractivity contribution in [1.82, 2.24) is 63.8 Å². The van der Waals surface area contributed by atoms with Gasteiger partial charge in [0.15, 0.2) is 17.9 Å². The number of nitrogens with two attached hydrogens (primary N) is 7. The lowest BCUT2D eigenvalue weighted by Crippen LogP contribution is -2.59. The second-order valence-electron chi connectivity index (χ2n) is 23.1. The summed E-state index contributed by atoms with van der Waals surface area (Å²) in [7, 11) is 0. The lowest BCUT2D eigenvalue weighted by atomic mass is 9.97. The van der Waals surface area contributed by atoms with Gasteiger partial charge in [0.1, 0.15) is 48.6 Å². The monoisotopic (exact) mass is 1420 g/mol. The molecule has 37 heteroatoms. The third-order valence-corrected chi connectivity index (χ3v) is 15.9. The second-order valence-corrected chi connectivity index (χ2v) is 23.8. The van der Waals surface area contributed by atoms with Gasteiger partial charge >= 0.3 is 0 Å². The summed E-state index contributed by atoms with van der Waals surface area (Å²) in [6, 6.07) is 6.46. The van der Waals surface area contributed by atoms with Crippen LogP contribution in [-0.2, 0) is 75.2 Å². The average molecular weight is 1430 g/mol. The van der Waals surface area contributed by atoms with E-state index >= 15 is 0 Å². The smallest absolute Gasteiger partial charge is 0.244 e. The van der Waals surface area contributed by atoms with Crippen molar-refractivity contribution in [2.24, 2.45) is 66.9 Å². The molecule has 0 saturated heterocycles. The van der Waals surface area contributed by atoms with Crippen LogP contribution in [0.5, 0.6) is 0 Å². The first kappa shape index (κ1) is 85.3. The van der Waals surface area contributed by atoms with Gasteiger partial charge in [-0.3, -0.25) is 72.5 Å². The summed E-state index contributed by atoms with van der Waals surface area (Å²) < 4.78 is 0. The van der Waals surface area contributed by atoms with E-state index in [-0.39, 0.29) is 87.5 Å². The number of carbonyl (C=O) groups excluding carboxylic acids is 13. The van der Waals surface area contributed by atoms with E-state index in [1.807, 2.05) is 0 Å². The number of guanidine groups is 3. The van der Waals surface area contributed by atoms with Gasteiger partial charge in [0.25, 0.3) is 0 Å². The highest BCUT2D eigenvalue weighted by Crippen LogP contribution is 2.13. The Bertz CT molecular complexity index is 3070. The lowest BCUT2D eigenvalue weighted by Gasteiger charge is -2.27. The molecule has 2 aromatic carbocycles. The molecule has 0 unspecified atom stereocenters. The van der Waals surface area contributed by atoms with Gasteiger partial charge in [0, 0.05) is 44.0 Å². The molecule has 2 rings (SSSR count). The summed E-state index contributed by atoms with van der Waals surface area (Å²) in [6.07, 6.45) is 2.42. The fourth-order valence-electron chi connectivity index (χ4n) is 9.17. The van der Waals surface area contributed by atoms with Crippen LogP contribution in [0.2, 0.25) is 0 Å². The number of amides is 12. The van der Waals surface area contributed by atoms with Crippen LogP contribution in [0.3, 0.4) is 0 Å². The number of thiol groups is 2. The predicted octanol–water partition coefficient (Wildman–Crippen LogP) is -6.55. The van der Waals surface area contributed by atoms with Gasteiger partial charge in [-0.15, -0.1) is 0 Å². The van der Waals surface area contributed by atoms with Crippen molar-refractivity contribution in [1.29, 1.82) is 0 Å². The van der Waals surface area contributed by atoms with Crippen LogP contribution < -0.4 is 104 Å². The molecule has 0 saturated carbocycles. The van der Waals surface area contributed by atoms with E-state index in [9.17, 15) is 62.3 Å². The van der Waals surface area contributed by atoms with Crippen molar-refractivity contribution in [3.05, 3.63) is 71.8 Å². The van der Waals surface area contributed by atoms with Crippen molar-refractivity contribution in [2.75, 3.05) is 57.3 Å². The zero-order valence-electron chi connectivity index (χ0n) is 56.2. The Labute approximate surface area is 586 Å². The number of hydrogen-bond donors (Lipinski definition) is 21. The van der Waals surface area contributed by atoms with E-state index in [2.05, 4.69) is 104 Å². The molecular formula is C62H100N22O13S2. The normalized spacial score (nSPS) is 14.1. The van der Waals surface area contributed by atoms with Gasteiger partial charge in [0.05, 0.1) is 38.3 Å². The van der Waals surface area contributed by atoms with E-state index in [1.54, 1.807) is 88.4 Å². The molecule has 0 bridgehead atoms. The predicted molar refractivity (Wildman–Crippen MR) is 378 cm³/mol. The first-order chi connectivity index (χ1) is 47.0. The largest absolute Gasteiger partial charge is 0.370 e. The zero-order valence-corrected chi connectivity index (χ0v) is 58.0. The molecule has 11 atom stereocenters. The molecule has 12 amide bonds. The topological polar surface area (TPSA) is 585 Å². The number of aliphatic imine (C=N–C) groups is 3. The van der Waals surface area contributed by atoms with Crippen molar-refractivity contribution in [2.45, 2.75) is 146 Å². The molecule has 0 fully saturated rings. The molecular weight excluding hydrogens is 1320 g/mol. The molecule has 0 aromatic heterocycles. The third kappa shape index (κ3) is 34.8. The first-order valence-corrected chi connectivity index (χ1v) is 33.5. The highest BCUT2D eigenvalue weighted by atomic mass is 32.1. The molecule has 0 aliphatic rings. The van der Waals surface area contributed by atoms with E-state index in [1.165, 1.54) is 0 Å². The lowest BCUT2D eigenvalue weighted by molar-refractivity contribution is -0.134. The number of nitrogens with one attached hydrogen (secondary N) is 12. The van der Waals surface area contributed by atoms with Crippen LogP contribution in [0.15, 0.2) is 75.6 Å². The minimum atomic E-state index is -1.34. The maximum atomic E-state index is 14.0. The fraction of sp³-hybridized carbons (Fsp3) is 0.548. The average Bonchev–Trinajstić information content (AvgIpc) is 0.905. The standard InChI is InChI=1S/C62H100N22O13S2/c1-5-35(3)50(58(96)76-29-47(87)74-31-49(89)83-51(36(4)6-2)59(97)82-45(34-99)57(95)80-43(27-38-18-11-8-12-19-38)55(93)77-39(32-85)20-13-23-70-60(64)65)84-54(92)41(22-15-25-72-62(68)69)78-48(88)30-73-46(86)28-75-53(91)42(26-37-16-9-7-10-17-37)79-56(94)44(33-98)81-52(90)40(63)21-14-24-71-61(66)67/h7-12,16-19,32,35-36,39-45,50-51,98-99H,5-6,13-15,20-31,33-34,63H2,1-4H3,(H,73,86)(H,74,87)(H,75,91)(H,76,96)(H,77,93)(H,78,88)(H,79,94)(H,80,95)(H,81,90)(H,82,97)(H,83,89)(H,84,92)(H4,64,65,70)(H4,66,67,71)(H4,68,69,72)/t35-,36-,39-,40-,41-,42-,43-,44-,45-,50-,51-/m0/s1. The number of nitrogens with zero attached hydrogens (tertiary/aromatic N) is 3. The molecule has 99 heavy (non-hydrogen) atoms. The Hall–Kier alpha value is -9.78. The summed E-state index contributed by atoms with van der Waals surface area (Å²) in [5.41, 5.74) is 39.7. The Morgan fingerprint density at radius 1 is 0.414 bits per heavy atom. The molecule has 0 radical (unpaired) electrons. The highest BCUT2D eigenvalue weighted by Gasteiger charge is 2.34. The van der Waals surface area contributed by atoms with Crippen molar-refractivity contribution >= 4 is 120 Å². The van der Waals surface area contributed by atoms with Crippen LogP contribution in [0.4, 0.5) is 0 Å². The van der Waals surface area contributed by atoms with Crippen molar-refractivity contribution in [3.63, 3.8) is 0 Å². The van der Waals surface area contributed by atoms with Gasteiger partial charge < -0.3 is 109 Å². The number of rotatable bonds is 47. The first-order valence-electron chi connectivity index (χ1n) is 32.2. The summed E-state index contributed by atoms with van der Waals surface area (Å²) >= 11 is 8.49. The van der Waals surface area contributed by atoms with Gasteiger partial charge in [-0.25, -0.2) is 0 Å². The van der Waals surface area contributed by atoms with Crippen LogP contribution in [0.1, 0.15) is 90.2 Å². The van der Waals surface area contributed by atoms with E-state index in [0.29, 0.717) is 43.1 Å². The Morgan fingerprint density at radius 3 is 1.23 bits per heavy atom. The summed E-state index contributed by atoms with van der Waals surface area (Å²) in [5, 5.41) is 30.3. The van der Waals surface area contributed by atoms with Gasteiger partial charge in [0.2, 0.25) is 70.9 Å². The van der Waals surface area contributed by atoms with E-state index in [0.717, 1.165) is 0 Å². The molecule has 0 aliphatic heterocycles. The van der Waals surface area contributed by atoms with E-state index in [4.69, 9.17) is 40.1 Å². The van der Waals surface area contributed by atoms with Crippen LogP contribution in [-0.4, -0.2) is 207 Å². The Morgan fingerprint density at radius 2 is 0.788 bits per heavy atom. The maximum Gasteiger partial charge on any atom is 0.244 e. The van der Waals surface area contributed by atoms with Gasteiger partial charge in [-0.1, -0.05) is 101 Å². The Balaban J connectivity index is 2.11. The highest BCUT2D eigenvalue weighted by molar-refractivity contribution is 7.80. The molecule has 2 aromatic rings. The SMILES string of the molecule is CC[C@H](C)[C@H](NC(=O)CNC(=O)CNC(=O)[C@@H](NC(=O)[C@H](CCCN=C(N)N)NC(=O)CNC(=O)CNC(=O)[C@H](Cc1ccccc1)NC(=O)[C@H](CS)NC(=O)[C@@H](N)CCCN=C(N)N)[C@@H](C)CC)C(=O)N[C@@H](CS)C(=O)N[C@@H](Cc1ccccc1)C(=O)N[C@H](C=O)CCCN=C(N)N. The quantitative estimate of drug-likeness (QED) is 0.00963. The van der Waals surface area contributed by atoms with Crippen LogP contribution >= 0.6 is 25.3 Å². The summed E-state index contributed by atoms with van der Waals surface area (Å²) in [4.78, 5) is 185. The minimum absolute atomic E-state index is 0.00780.